The monoisotopic (exact) mass is 482 g/mol. The molecule has 4 heterocycles. The van der Waals surface area contributed by atoms with Gasteiger partial charge in [0.15, 0.2) is 15.8 Å². The van der Waals surface area contributed by atoms with Crippen molar-refractivity contribution in [2.24, 2.45) is 7.05 Å². The summed E-state index contributed by atoms with van der Waals surface area (Å²) in [7, 11) is 1.90. The van der Waals surface area contributed by atoms with E-state index in [0.29, 0.717) is 17.1 Å². The molecular formula is C22H26N8OS2. The summed E-state index contributed by atoms with van der Waals surface area (Å²) in [5.74, 6) is 2.23. The van der Waals surface area contributed by atoms with Gasteiger partial charge in [0.2, 0.25) is 0 Å². The fourth-order valence-corrected chi connectivity index (χ4v) is 5.31. The summed E-state index contributed by atoms with van der Waals surface area (Å²) in [6, 6.07) is 12.3. The van der Waals surface area contributed by atoms with Crippen molar-refractivity contribution in [1.29, 1.82) is 0 Å². The predicted octanol–water partition coefficient (Wildman–Crippen LogP) is 4.01. The zero-order valence-electron chi connectivity index (χ0n) is 18.6. The Bertz CT molecular complexity index is 1270. The molecule has 0 aliphatic carbocycles. The Balaban J connectivity index is 1.41. The van der Waals surface area contributed by atoms with Crippen LogP contribution in [0.15, 0.2) is 47.8 Å². The molecule has 3 aromatic heterocycles. The lowest BCUT2D eigenvalue weighted by Gasteiger charge is -2.16. The molecule has 11 heteroatoms. The van der Waals surface area contributed by atoms with Gasteiger partial charge in [-0.1, -0.05) is 42.1 Å². The number of ether oxygens (including phenoxy) is 1. The highest BCUT2D eigenvalue weighted by Gasteiger charge is 2.23. The highest BCUT2D eigenvalue weighted by Crippen LogP contribution is 2.29. The van der Waals surface area contributed by atoms with Gasteiger partial charge in [0.05, 0.1) is 24.4 Å². The van der Waals surface area contributed by atoms with E-state index in [2.05, 4.69) is 53.7 Å². The van der Waals surface area contributed by atoms with Crippen LogP contribution < -0.4 is 0 Å². The molecule has 2 unspecified atom stereocenters. The second-order valence-electron chi connectivity index (χ2n) is 8.12. The number of aromatic amines is 1. The lowest BCUT2D eigenvalue weighted by Crippen LogP contribution is -2.17. The number of benzene rings is 1. The number of aryl methyl sites for hydroxylation is 1. The summed E-state index contributed by atoms with van der Waals surface area (Å²) in [5.41, 5.74) is 1.98. The first-order valence-electron chi connectivity index (χ1n) is 11.0. The van der Waals surface area contributed by atoms with E-state index in [9.17, 15) is 0 Å². The van der Waals surface area contributed by atoms with E-state index in [4.69, 9.17) is 17.0 Å². The third kappa shape index (κ3) is 4.66. The second-order valence-corrected chi connectivity index (χ2v) is 9.45. The molecule has 1 N–H and O–H groups in total. The number of rotatable bonds is 8. The van der Waals surface area contributed by atoms with Gasteiger partial charge in [-0.2, -0.15) is 10.2 Å². The smallest absolute Gasteiger partial charge is 0.195 e. The molecule has 4 aromatic rings. The second kappa shape index (κ2) is 9.62. The maximum Gasteiger partial charge on any atom is 0.195 e. The molecule has 1 aromatic carbocycles. The van der Waals surface area contributed by atoms with Gasteiger partial charge < -0.3 is 4.74 Å². The van der Waals surface area contributed by atoms with Crippen molar-refractivity contribution < 1.29 is 4.74 Å². The van der Waals surface area contributed by atoms with E-state index in [1.807, 2.05) is 37.5 Å². The zero-order chi connectivity index (χ0) is 22.8. The summed E-state index contributed by atoms with van der Waals surface area (Å²) in [6.45, 7) is 3.64. The number of H-pyrrole nitrogens is 1. The van der Waals surface area contributed by atoms with Crippen LogP contribution in [-0.2, 0) is 24.1 Å². The molecule has 0 radical (unpaired) electrons. The molecule has 5 rings (SSSR count). The molecular weight excluding hydrogens is 456 g/mol. The topological polar surface area (TPSA) is 91.4 Å². The van der Waals surface area contributed by atoms with E-state index >= 15 is 0 Å². The van der Waals surface area contributed by atoms with Crippen LogP contribution in [0.1, 0.15) is 37.2 Å². The largest absolute Gasteiger partial charge is 0.376 e. The molecule has 2 atom stereocenters. The Morgan fingerprint density at radius 2 is 2.09 bits per heavy atom. The zero-order valence-corrected chi connectivity index (χ0v) is 20.2. The van der Waals surface area contributed by atoms with Crippen LogP contribution in [0, 0.1) is 4.77 Å². The van der Waals surface area contributed by atoms with Crippen LogP contribution >= 0.6 is 24.0 Å². The summed E-state index contributed by atoms with van der Waals surface area (Å²) < 4.78 is 12.5. The summed E-state index contributed by atoms with van der Waals surface area (Å²) in [4.78, 5) is 0. The van der Waals surface area contributed by atoms with Crippen LogP contribution in [0.4, 0.5) is 0 Å². The fourth-order valence-electron chi connectivity index (χ4n) is 4.12. The first kappa shape index (κ1) is 22.1. The van der Waals surface area contributed by atoms with Crippen LogP contribution in [0.5, 0.6) is 0 Å². The van der Waals surface area contributed by atoms with Gasteiger partial charge in [0, 0.05) is 19.9 Å². The first-order valence-corrected chi connectivity index (χ1v) is 12.4. The lowest BCUT2D eigenvalue weighted by molar-refractivity contribution is 0.0953. The van der Waals surface area contributed by atoms with E-state index in [-0.39, 0.29) is 12.1 Å². The Hall–Kier alpha value is -2.76. The maximum absolute atomic E-state index is 5.90. The summed E-state index contributed by atoms with van der Waals surface area (Å²) in [6.07, 6.45) is 4.20. The SMILES string of the molecule is CC(c1ccccc1)n1c(CSc2nnc(-c3ccn(C)n3)n2CC2CCCO2)n[nH]c1=S. The quantitative estimate of drug-likeness (QED) is 0.300. The molecule has 0 saturated carbocycles. The molecule has 9 nitrogen and oxygen atoms in total. The van der Waals surface area contributed by atoms with Gasteiger partial charge in [0.25, 0.3) is 0 Å². The van der Waals surface area contributed by atoms with Gasteiger partial charge in [-0.25, -0.2) is 0 Å². The highest BCUT2D eigenvalue weighted by atomic mass is 32.2. The molecule has 33 heavy (non-hydrogen) atoms. The lowest BCUT2D eigenvalue weighted by atomic mass is 10.1. The minimum Gasteiger partial charge on any atom is -0.376 e. The number of thioether (sulfide) groups is 1. The minimum atomic E-state index is 0.0712. The van der Waals surface area contributed by atoms with Crippen molar-refractivity contribution >= 4 is 24.0 Å². The van der Waals surface area contributed by atoms with Crippen molar-refractivity contribution in [3.05, 3.63) is 58.8 Å². The summed E-state index contributed by atoms with van der Waals surface area (Å²) >= 11 is 7.14. The van der Waals surface area contributed by atoms with Crippen molar-refractivity contribution in [2.75, 3.05) is 6.61 Å². The first-order chi connectivity index (χ1) is 16.1. The number of nitrogens with one attached hydrogen (secondary N) is 1. The predicted molar refractivity (Wildman–Crippen MR) is 128 cm³/mol. The van der Waals surface area contributed by atoms with Gasteiger partial charge in [-0.3, -0.25) is 18.9 Å². The number of hydrogen-bond donors (Lipinski definition) is 1. The molecule has 1 fully saturated rings. The number of nitrogens with zero attached hydrogens (tertiary/aromatic N) is 7. The number of aromatic nitrogens is 8. The Labute approximate surface area is 201 Å². The highest BCUT2D eigenvalue weighted by molar-refractivity contribution is 7.98. The summed E-state index contributed by atoms with van der Waals surface area (Å²) in [5, 5.41) is 21.8. The Morgan fingerprint density at radius 1 is 1.24 bits per heavy atom. The molecule has 1 aliphatic rings. The van der Waals surface area contributed by atoms with Gasteiger partial charge in [0.1, 0.15) is 11.5 Å². The molecule has 1 aliphatic heterocycles. The Kier molecular flexibility index (Phi) is 6.43. The molecule has 0 bridgehead atoms. The molecule has 1 saturated heterocycles. The maximum atomic E-state index is 5.90. The normalized spacial score (nSPS) is 17.0. The van der Waals surface area contributed by atoms with Crippen LogP contribution in [-0.4, -0.2) is 52.0 Å². The van der Waals surface area contributed by atoms with E-state index in [1.54, 1.807) is 16.4 Å². The molecule has 0 amide bonds. The van der Waals surface area contributed by atoms with Crippen LogP contribution in [0.2, 0.25) is 0 Å². The van der Waals surface area contributed by atoms with E-state index in [1.165, 1.54) is 5.56 Å². The van der Waals surface area contributed by atoms with E-state index < -0.39 is 0 Å². The average molecular weight is 483 g/mol. The standard InChI is InChI=1S/C22H26N8OS2/c1-15(16-7-4-3-5-8-16)30-19(23-25-21(30)32)14-33-22-26-24-20(18-10-11-28(2)27-18)29(22)13-17-9-6-12-31-17/h3-5,7-8,10-11,15,17H,6,9,12-14H2,1-2H3,(H,25,32). The van der Waals surface area contributed by atoms with Crippen molar-refractivity contribution in [2.45, 2.75) is 49.4 Å². The van der Waals surface area contributed by atoms with Crippen LogP contribution in [0.3, 0.4) is 0 Å². The molecule has 172 valence electrons. The van der Waals surface area contributed by atoms with Gasteiger partial charge in [-0.15, -0.1) is 10.2 Å². The third-order valence-corrected chi connectivity index (χ3v) is 7.10. The van der Waals surface area contributed by atoms with Crippen molar-refractivity contribution in [1.82, 2.24) is 39.3 Å². The fraction of sp³-hybridized carbons (Fsp3) is 0.409. The van der Waals surface area contributed by atoms with E-state index in [0.717, 1.165) is 41.9 Å². The van der Waals surface area contributed by atoms with Crippen LogP contribution in [0.25, 0.3) is 11.5 Å². The van der Waals surface area contributed by atoms with Gasteiger partial charge >= 0.3 is 0 Å². The minimum absolute atomic E-state index is 0.0712. The van der Waals surface area contributed by atoms with Crippen molar-refractivity contribution in [3.63, 3.8) is 0 Å². The number of hydrogen-bond acceptors (Lipinski definition) is 7. The molecule has 0 spiro atoms. The third-order valence-electron chi connectivity index (χ3n) is 5.85. The average Bonchev–Trinajstić information content (AvgIpc) is 3.62. The van der Waals surface area contributed by atoms with Crippen molar-refractivity contribution in [3.8, 4) is 11.5 Å². The van der Waals surface area contributed by atoms with Gasteiger partial charge in [-0.05, 0) is 43.6 Å². The Morgan fingerprint density at radius 3 is 2.82 bits per heavy atom.